The predicted molar refractivity (Wildman–Crippen MR) is 96.0 cm³/mol. The SMILES string of the molecule is COC1=C(O)C(=O)c2c(O)c3c(c4c(C)cc(O)c1c24)OC(C)C3(C)C. The Balaban J connectivity index is 2.31. The number of hydrogen-bond acceptors (Lipinski definition) is 6. The van der Waals surface area contributed by atoms with E-state index in [1.165, 1.54) is 7.11 Å². The normalized spacial score (nSPS) is 20.3. The Morgan fingerprint density at radius 2 is 1.81 bits per heavy atom. The van der Waals surface area contributed by atoms with Gasteiger partial charge in [0.25, 0.3) is 0 Å². The van der Waals surface area contributed by atoms with E-state index in [0.717, 1.165) is 0 Å². The number of phenols is 2. The number of benzene rings is 2. The zero-order valence-electron chi connectivity index (χ0n) is 15.2. The number of methoxy groups -OCH3 is 1. The van der Waals surface area contributed by atoms with Crippen molar-refractivity contribution in [3.63, 3.8) is 0 Å². The van der Waals surface area contributed by atoms with Crippen LogP contribution in [0.4, 0.5) is 0 Å². The van der Waals surface area contributed by atoms with Crippen molar-refractivity contribution in [1.29, 1.82) is 0 Å². The summed E-state index contributed by atoms with van der Waals surface area (Å²) in [7, 11) is 1.31. The first-order valence-corrected chi connectivity index (χ1v) is 8.37. The molecule has 0 spiro atoms. The lowest BCUT2D eigenvalue weighted by atomic mass is 9.76. The summed E-state index contributed by atoms with van der Waals surface area (Å²) in [4.78, 5) is 12.8. The van der Waals surface area contributed by atoms with Crippen LogP contribution >= 0.6 is 0 Å². The molecule has 0 bridgehead atoms. The van der Waals surface area contributed by atoms with Crippen molar-refractivity contribution in [2.24, 2.45) is 0 Å². The molecule has 1 unspecified atom stereocenters. The van der Waals surface area contributed by atoms with Gasteiger partial charge in [0.05, 0.1) is 18.2 Å². The lowest BCUT2D eigenvalue weighted by molar-refractivity contribution is 0.0969. The molecule has 2 aromatic rings. The van der Waals surface area contributed by atoms with Crippen LogP contribution in [0.15, 0.2) is 11.8 Å². The summed E-state index contributed by atoms with van der Waals surface area (Å²) in [6.45, 7) is 7.57. The Morgan fingerprint density at radius 1 is 1.15 bits per heavy atom. The Labute approximate surface area is 150 Å². The minimum Gasteiger partial charge on any atom is -0.507 e. The molecule has 1 aliphatic heterocycles. The van der Waals surface area contributed by atoms with E-state index in [0.29, 0.717) is 27.6 Å². The summed E-state index contributed by atoms with van der Waals surface area (Å²) in [5.74, 6) is -1.35. The van der Waals surface area contributed by atoms with Crippen LogP contribution in [0.5, 0.6) is 17.2 Å². The number of aromatic hydroxyl groups is 2. The van der Waals surface area contributed by atoms with Gasteiger partial charge in [-0.25, -0.2) is 0 Å². The van der Waals surface area contributed by atoms with Gasteiger partial charge < -0.3 is 24.8 Å². The van der Waals surface area contributed by atoms with Gasteiger partial charge in [0.2, 0.25) is 11.5 Å². The molecule has 4 rings (SSSR count). The number of carbonyl (C=O) groups is 1. The number of ether oxygens (including phenoxy) is 2. The largest absolute Gasteiger partial charge is 0.507 e. The summed E-state index contributed by atoms with van der Waals surface area (Å²) in [5.41, 5.74) is 0.856. The highest BCUT2D eigenvalue weighted by molar-refractivity contribution is 6.26. The molecule has 136 valence electrons. The first-order valence-electron chi connectivity index (χ1n) is 8.37. The van der Waals surface area contributed by atoms with Gasteiger partial charge in [-0.1, -0.05) is 13.8 Å². The van der Waals surface area contributed by atoms with Crippen LogP contribution in [0, 0.1) is 6.92 Å². The van der Waals surface area contributed by atoms with E-state index in [1.807, 2.05) is 20.8 Å². The van der Waals surface area contributed by atoms with Crippen LogP contribution in [0.25, 0.3) is 16.5 Å². The number of fused-ring (bicyclic) bond motifs is 2. The molecule has 6 heteroatoms. The molecule has 0 amide bonds. The molecular formula is C20H20O6. The van der Waals surface area contributed by atoms with Crippen LogP contribution in [0.3, 0.4) is 0 Å². The molecule has 2 aromatic carbocycles. The monoisotopic (exact) mass is 356 g/mol. The molecule has 6 nitrogen and oxygen atoms in total. The fourth-order valence-electron chi connectivity index (χ4n) is 4.05. The van der Waals surface area contributed by atoms with Gasteiger partial charge >= 0.3 is 0 Å². The third kappa shape index (κ3) is 1.69. The van der Waals surface area contributed by atoms with Gasteiger partial charge in [0.1, 0.15) is 23.4 Å². The van der Waals surface area contributed by atoms with Crippen LogP contribution in [0.1, 0.15) is 47.8 Å². The topological polar surface area (TPSA) is 96.2 Å². The summed E-state index contributed by atoms with van der Waals surface area (Å²) in [6.07, 6.45) is -0.224. The van der Waals surface area contributed by atoms with Gasteiger partial charge in [-0.3, -0.25) is 4.79 Å². The predicted octanol–water partition coefficient (Wildman–Crippen LogP) is 3.69. The van der Waals surface area contributed by atoms with Gasteiger partial charge in [0, 0.05) is 21.8 Å². The number of aryl methyl sites for hydroxylation is 1. The van der Waals surface area contributed by atoms with Crippen molar-refractivity contribution in [1.82, 2.24) is 0 Å². The van der Waals surface area contributed by atoms with Crippen LogP contribution in [0.2, 0.25) is 0 Å². The summed E-state index contributed by atoms with van der Waals surface area (Å²) < 4.78 is 11.3. The maximum absolute atomic E-state index is 12.8. The van der Waals surface area contributed by atoms with Crippen molar-refractivity contribution < 1.29 is 29.6 Å². The fraction of sp³-hybridized carbons (Fsp3) is 0.350. The molecule has 1 atom stereocenters. The highest BCUT2D eigenvalue weighted by atomic mass is 16.5. The lowest BCUT2D eigenvalue weighted by Gasteiger charge is -2.26. The van der Waals surface area contributed by atoms with E-state index in [2.05, 4.69) is 0 Å². The Morgan fingerprint density at radius 3 is 2.42 bits per heavy atom. The lowest BCUT2D eigenvalue weighted by Crippen LogP contribution is -2.29. The van der Waals surface area contributed by atoms with Gasteiger partial charge in [-0.15, -0.1) is 0 Å². The van der Waals surface area contributed by atoms with Gasteiger partial charge in [0.15, 0.2) is 5.76 Å². The third-order valence-electron chi connectivity index (χ3n) is 5.73. The number of phenolic OH excluding ortho intramolecular Hbond substituents is 2. The summed E-state index contributed by atoms with van der Waals surface area (Å²) >= 11 is 0. The minimum atomic E-state index is -0.736. The molecule has 1 aliphatic carbocycles. The molecule has 2 aliphatic rings. The number of hydrogen-bond donors (Lipinski definition) is 3. The van der Waals surface area contributed by atoms with Crippen molar-refractivity contribution in [2.45, 2.75) is 39.2 Å². The first-order chi connectivity index (χ1) is 12.1. The number of aliphatic hydroxyl groups is 1. The Kier molecular flexibility index (Phi) is 3.09. The molecule has 0 saturated carbocycles. The maximum atomic E-state index is 12.8. The Hall–Kier alpha value is -2.89. The highest BCUT2D eigenvalue weighted by Gasteiger charge is 2.46. The number of aliphatic hydroxyl groups excluding tert-OH is 1. The number of carbonyl (C=O) groups excluding carboxylic acids is 1. The van der Waals surface area contributed by atoms with Gasteiger partial charge in [-0.2, -0.15) is 0 Å². The van der Waals surface area contributed by atoms with Crippen molar-refractivity contribution in [3.05, 3.63) is 34.1 Å². The zero-order chi connectivity index (χ0) is 19.1. The quantitative estimate of drug-likeness (QED) is 0.721. The number of ketones is 1. The number of Topliss-reactive ketones (excluding diaryl/α,β-unsaturated/α-hetero) is 1. The van der Waals surface area contributed by atoms with E-state index in [4.69, 9.17) is 9.47 Å². The summed E-state index contributed by atoms with van der Waals surface area (Å²) in [5, 5.41) is 32.8. The second kappa shape index (κ2) is 4.84. The smallest absolute Gasteiger partial charge is 0.235 e. The van der Waals surface area contributed by atoms with E-state index in [-0.39, 0.29) is 34.5 Å². The molecular weight excluding hydrogens is 336 g/mol. The molecule has 26 heavy (non-hydrogen) atoms. The Bertz CT molecular complexity index is 1040. The molecule has 0 aromatic heterocycles. The van der Waals surface area contributed by atoms with Crippen LogP contribution in [-0.2, 0) is 10.2 Å². The average Bonchev–Trinajstić information content (AvgIpc) is 2.79. The van der Waals surface area contributed by atoms with E-state index < -0.39 is 17.0 Å². The first kappa shape index (κ1) is 16.6. The fourth-order valence-corrected chi connectivity index (χ4v) is 4.05. The van der Waals surface area contributed by atoms with Crippen LogP contribution in [-0.4, -0.2) is 34.3 Å². The molecule has 3 N–H and O–H groups in total. The molecule has 0 fully saturated rings. The number of rotatable bonds is 1. The second-order valence-corrected chi connectivity index (χ2v) is 7.46. The molecule has 1 heterocycles. The van der Waals surface area contributed by atoms with E-state index in [9.17, 15) is 20.1 Å². The van der Waals surface area contributed by atoms with Crippen molar-refractivity contribution >= 4 is 22.3 Å². The maximum Gasteiger partial charge on any atom is 0.235 e. The average molecular weight is 356 g/mol. The van der Waals surface area contributed by atoms with E-state index in [1.54, 1.807) is 13.0 Å². The van der Waals surface area contributed by atoms with Gasteiger partial charge in [-0.05, 0) is 25.5 Å². The molecule has 0 saturated heterocycles. The zero-order valence-corrected chi connectivity index (χ0v) is 15.2. The van der Waals surface area contributed by atoms with Crippen LogP contribution < -0.4 is 4.74 Å². The summed E-state index contributed by atoms with van der Waals surface area (Å²) in [6, 6.07) is 1.54. The molecule has 0 radical (unpaired) electrons. The van der Waals surface area contributed by atoms with Crippen molar-refractivity contribution in [3.8, 4) is 17.2 Å². The highest BCUT2D eigenvalue weighted by Crippen LogP contribution is 2.57. The minimum absolute atomic E-state index is 0.0307. The van der Waals surface area contributed by atoms with Crippen molar-refractivity contribution in [2.75, 3.05) is 7.11 Å². The second-order valence-electron chi connectivity index (χ2n) is 7.46. The standard InChI is InChI=1S/C20H20O6/c1-7-6-9(21)11-12-10(7)18-14(20(3,4)8(2)26-18)15(22)13(12)16(23)17(24)19(11)25-5/h6,8,21-22,24H,1-5H3. The van der Waals surface area contributed by atoms with E-state index >= 15 is 0 Å². The third-order valence-corrected chi connectivity index (χ3v) is 5.73. The number of allylic oxidation sites excluding steroid dienone is 1.